The van der Waals surface area contributed by atoms with Crippen molar-refractivity contribution in [3.63, 3.8) is 0 Å². The number of nitrogens with zero attached hydrogens (tertiary/aromatic N) is 2. The zero-order chi connectivity index (χ0) is 41.0. The van der Waals surface area contributed by atoms with Gasteiger partial charge in [-0.15, -0.1) is 5.10 Å². The van der Waals surface area contributed by atoms with E-state index in [9.17, 15) is 19.2 Å². The Hall–Kier alpha value is -5.10. The molecule has 1 unspecified atom stereocenters. The summed E-state index contributed by atoms with van der Waals surface area (Å²) in [4.78, 5) is 54.2. The molecule has 1 aliphatic heterocycles. The molecule has 1 aliphatic rings. The average Bonchev–Trinajstić information content (AvgIpc) is 3.39. The van der Waals surface area contributed by atoms with Gasteiger partial charge in [-0.3, -0.25) is 19.2 Å². The van der Waals surface area contributed by atoms with Crippen LogP contribution in [0.5, 0.6) is 5.75 Å². The van der Waals surface area contributed by atoms with Crippen molar-refractivity contribution in [2.75, 3.05) is 22.2 Å². The van der Waals surface area contributed by atoms with Gasteiger partial charge >= 0.3 is 5.91 Å². The summed E-state index contributed by atoms with van der Waals surface area (Å²) in [6, 6.07) is 23.7. The molecular weight excluding hydrogens is 775 g/mol. The quantitative estimate of drug-likeness (QED) is 0.0993. The van der Waals surface area contributed by atoms with Crippen molar-refractivity contribution in [2.24, 2.45) is 5.10 Å². The number of amides is 4. The molecule has 0 aromatic heterocycles. The van der Waals surface area contributed by atoms with E-state index in [-0.39, 0.29) is 49.6 Å². The minimum absolute atomic E-state index is 0.00112. The number of anilines is 3. The highest BCUT2D eigenvalue weighted by atomic mass is 35.5. The van der Waals surface area contributed by atoms with Crippen molar-refractivity contribution in [1.82, 2.24) is 10.6 Å². The lowest BCUT2D eigenvalue weighted by molar-refractivity contribution is -0.127. The molecule has 0 bridgehead atoms. The van der Waals surface area contributed by atoms with E-state index in [2.05, 4.69) is 74.0 Å². The Morgan fingerprint density at radius 2 is 1.45 bits per heavy atom. The van der Waals surface area contributed by atoms with Crippen molar-refractivity contribution in [3.8, 4) is 5.75 Å². The number of benzene rings is 4. The summed E-state index contributed by atoms with van der Waals surface area (Å²) in [5.74, 6) is -2.23. The fourth-order valence-corrected chi connectivity index (χ4v) is 6.98. The predicted molar refractivity (Wildman–Crippen MR) is 224 cm³/mol. The number of nitrogens with one attached hydrogen (secondary N) is 4. The van der Waals surface area contributed by atoms with Gasteiger partial charge in [-0.25, -0.2) is 0 Å². The van der Waals surface area contributed by atoms with Gasteiger partial charge in [0.05, 0.1) is 10.0 Å². The van der Waals surface area contributed by atoms with Crippen molar-refractivity contribution in [3.05, 3.63) is 117 Å². The fourth-order valence-electron chi connectivity index (χ4n) is 6.00. The Bertz CT molecular complexity index is 2170. The van der Waals surface area contributed by atoms with Crippen LogP contribution in [0.1, 0.15) is 82.8 Å². The predicted octanol–water partition coefficient (Wildman–Crippen LogP) is 9.07. The SMILES string of the molecule is CCC(C)(C)c1ccc(OCC(=O)Nc2cccc(C(=O)NC3=NN(c4c(Cl)cc(Cl)cc4Cl)C(=O)C3(NC(C)=O)Nc3ccccc3)c2)c(C(C)(C)CC)c1. The van der Waals surface area contributed by atoms with E-state index < -0.39 is 29.3 Å². The van der Waals surface area contributed by atoms with Gasteiger partial charge in [-0.05, 0) is 77.8 Å². The standard InChI is InChI=1S/C42H45Cl3N6O5/c1-8-40(4,5)27-18-19-34(31(21-27)41(6,7)9-2)56-24-35(53)46-30-17-13-14-26(20-30)37(54)47-38-42(48-25(3)52,49-29-15-11-10-12-16-29)39(55)51(50-38)36-32(44)22-28(43)23-33(36)45/h10-23,49H,8-9,24H2,1-7H3,(H,46,53)(H,48,52)(H,47,50,54). The Morgan fingerprint density at radius 3 is 2.07 bits per heavy atom. The number of rotatable bonds is 13. The van der Waals surface area contributed by atoms with Gasteiger partial charge in [0.1, 0.15) is 11.4 Å². The average molecular weight is 820 g/mol. The lowest BCUT2D eigenvalue weighted by atomic mass is 9.76. The molecule has 0 saturated heterocycles. The highest BCUT2D eigenvalue weighted by Gasteiger charge is 2.54. The first-order valence-electron chi connectivity index (χ1n) is 18.1. The first kappa shape index (κ1) is 42.1. The van der Waals surface area contributed by atoms with Crippen LogP contribution in [-0.4, -0.2) is 41.7 Å². The minimum atomic E-state index is -2.12. The second-order valence-electron chi connectivity index (χ2n) is 14.8. The van der Waals surface area contributed by atoms with Crippen LogP contribution < -0.4 is 31.0 Å². The van der Waals surface area contributed by atoms with Crippen LogP contribution in [0.3, 0.4) is 0 Å². The van der Waals surface area contributed by atoms with Crippen molar-refractivity contribution >= 4 is 81.3 Å². The van der Waals surface area contributed by atoms with Crippen LogP contribution in [0.2, 0.25) is 15.1 Å². The highest BCUT2D eigenvalue weighted by Crippen LogP contribution is 2.41. The number of halogens is 3. The van der Waals surface area contributed by atoms with Gasteiger partial charge in [0.2, 0.25) is 5.91 Å². The molecule has 4 aromatic rings. The maximum absolute atomic E-state index is 14.4. The Labute approximate surface area is 342 Å². The van der Waals surface area contributed by atoms with Crippen LogP contribution in [-0.2, 0) is 25.2 Å². The Kier molecular flexibility index (Phi) is 12.7. The van der Waals surface area contributed by atoms with Crippen LogP contribution in [0, 0.1) is 0 Å². The number of ether oxygens (including phenoxy) is 1. The maximum atomic E-state index is 14.4. The summed E-state index contributed by atoms with van der Waals surface area (Å²) < 4.78 is 6.10. The molecule has 294 valence electrons. The third-order valence-corrected chi connectivity index (χ3v) is 10.8. The van der Waals surface area contributed by atoms with E-state index in [1.807, 2.05) is 12.1 Å². The number of carbonyl (C=O) groups is 4. The molecule has 0 aliphatic carbocycles. The Morgan fingerprint density at radius 1 is 0.804 bits per heavy atom. The van der Waals surface area contributed by atoms with Crippen molar-refractivity contribution in [2.45, 2.75) is 77.8 Å². The first-order valence-corrected chi connectivity index (χ1v) is 19.2. The zero-order valence-electron chi connectivity index (χ0n) is 32.3. The normalized spacial score (nSPS) is 15.6. The van der Waals surface area contributed by atoms with E-state index in [1.54, 1.807) is 42.5 Å². The molecule has 0 saturated carbocycles. The number of carbonyl (C=O) groups excluding carboxylic acids is 4. The molecule has 4 amide bonds. The smallest absolute Gasteiger partial charge is 0.302 e. The number of para-hydroxylation sites is 1. The third-order valence-electron chi connectivity index (χ3n) is 9.99. The highest BCUT2D eigenvalue weighted by molar-refractivity contribution is 6.43. The second kappa shape index (κ2) is 17.0. The molecular formula is C42H45Cl3N6O5. The molecule has 1 heterocycles. The van der Waals surface area contributed by atoms with E-state index in [0.29, 0.717) is 17.1 Å². The fraction of sp³-hybridized carbons (Fsp3) is 0.310. The molecule has 56 heavy (non-hydrogen) atoms. The number of hydrogen-bond acceptors (Lipinski definition) is 7. The zero-order valence-corrected chi connectivity index (χ0v) is 34.5. The third kappa shape index (κ3) is 9.12. The molecule has 4 aromatic carbocycles. The van der Waals surface area contributed by atoms with Gasteiger partial charge in [0.15, 0.2) is 12.4 Å². The van der Waals surface area contributed by atoms with Gasteiger partial charge in [-0.1, -0.05) is 113 Å². The van der Waals surface area contributed by atoms with E-state index in [4.69, 9.17) is 39.5 Å². The minimum Gasteiger partial charge on any atom is -0.483 e. The lowest BCUT2D eigenvalue weighted by Crippen LogP contribution is -2.67. The molecule has 0 fully saturated rings. The number of hydrazone groups is 1. The lowest BCUT2D eigenvalue weighted by Gasteiger charge is -2.31. The van der Waals surface area contributed by atoms with E-state index in [0.717, 1.165) is 23.4 Å². The summed E-state index contributed by atoms with van der Waals surface area (Å²) in [5, 5.41) is 16.7. The second-order valence-corrected chi connectivity index (χ2v) is 16.0. The van der Waals surface area contributed by atoms with E-state index in [1.165, 1.54) is 36.8 Å². The molecule has 14 heteroatoms. The van der Waals surface area contributed by atoms with Crippen LogP contribution >= 0.6 is 34.8 Å². The molecule has 0 radical (unpaired) electrons. The summed E-state index contributed by atoms with van der Waals surface area (Å²) in [5.41, 5.74) is 0.724. The van der Waals surface area contributed by atoms with Crippen molar-refractivity contribution in [1.29, 1.82) is 0 Å². The monoisotopic (exact) mass is 818 g/mol. The Balaban J connectivity index is 1.40. The van der Waals surface area contributed by atoms with Gasteiger partial charge in [0, 0.05) is 34.4 Å². The number of amidine groups is 1. The molecule has 11 nitrogen and oxygen atoms in total. The first-order chi connectivity index (χ1) is 26.4. The van der Waals surface area contributed by atoms with E-state index >= 15 is 0 Å². The molecule has 5 rings (SSSR count). The largest absolute Gasteiger partial charge is 0.483 e. The van der Waals surface area contributed by atoms with Crippen LogP contribution in [0.4, 0.5) is 17.1 Å². The summed E-state index contributed by atoms with van der Waals surface area (Å²) in [6.07, 6.45) is 1.84. The van der Waals surface area contributed by atoms with Crippen LogP contribution in [0.25, 0.3) is 0 Å². The summed E-state index contributed by atoms with van der Waals surface area (Å²) >= 11 is 19.1. The molecule has 4 N–H and O–H groups in total. The summed E-state index contributed by atoms with van der Waals surface area (Å²) in [6.45, 7) is 13.9. The van der Waals surface area contributed by atoms with Gasteiger partial charge in [0.25, 0.3) is 17.5 Å². The van der Waals surface area contributed by atoms with Gasteiger partial charge < -0.3 is 26.0 Å². The summed E-state index contributed by atoms with van der Waals surface area (Å²) in [7, 11) is 0. The van der Waals surface area contributed by atoms with Crippen molar-refractivity contribution < 1.29 is 23.9 Å². The molecule has 0 spiro atoms. The topological polar surface area (TPSA) is 141 Å². The maximum Gasteiger partial charge on any atom is 0.302 e. The van der Waals surface area contributed by atoms with Crippen LogP contribution in [0.15, 0.2) is 90.0 Å². The molecule has 1 atom stereocenters. The van der Waals surface area contributed by atoms with Gasteiger partial charge in [-0.2, -0.15) is 5.01 Å². The number of hydrogen-bond donors (Lipinski definition) is 4.